The molecule has 0 aliphatic heterocycles. The summed E-state index contributed by atoms with van der Waals surface area (Å²) < 4.78 is 29.3. The summed E-state index contributed by atoms with van der Waals surface area (Å²) in [5.74, 6) is -1.25. The normalized spacial score (nSPS) is 14.1. The van der Waals surface area contributed by atoms with E-state index >= 15 is 0 Å². The third-order valence-corrected chi connectivity index (χ3v) is 7.53. The first kappa shape index (κ1) is 37.6. The molecule has 0 aliphatic carbocycles. The molecule has 0 radical (unpaired) electrons. The van der Waals surface area contributed by atoms with Gasteiger partial charge in [-0.15, -0.1) is 0 Å². The first-order valence-corrected chi connectivity index (χ1v) is 15.2. The molecule has 0 saturated carbocycles. The Labute approximate surface area is 259 Å². The Hall–Kier alpha value is -2.47. The molecule has 11 heteroatoms. The highest BCUT2D eigenvalue weighted by Crippen LogP contribution is 2.34. The molecule has 2 atom stereocenters. The van der Waals surface area contributed by atoms with Gasteiger partial charge in [-0.3, -0.25) is 9.59 Å². The molecule has 0 spiro atoms. The number of likely N-dealkylation sites (N-methyl/N-ethyl adjacent to an activating group) is 1. The minimum absolute atomic E-state index is 0.0857. The molecule has 2 unspecified atom stereocenters. The van der Waals surface area contributed by atoms with Gasteiger partial charge in [0, 0.05) is 40.6 Å². The van der Waals surface area contributed by atoms with E-state index in [1.165, 1.54) is 12.1 Å². The van der Waals surface area contributed by atoms with Crippen LogP contribution in [-0.4, -0.2) is 58.1 Å². The van der Waals surface area contributed by atoms with E-state index in [4.69, 9.17) is 27.8 Å². The van der Waals surface area contributed by atoms with E-state index in [2.05, 4.69) is 5.32 Å². The van der Waals surface area contributed by atoms with Crippen LogP contribution in [0, 0.1) is 5.82 Å². The summed E-state index contributed by atoms with van der Waals surface area (Å²) in [5, 5.41) is 3.30. The number of nitrogens with two attached hydrogens (primary N) is 2. The van der Waals surface area contributed by atoms with Crippen molar-refractivity contribution in [2.24, 2.45) is 11.5 Å². The van der Waals surface area contributed by atoms with Crippen molar-refractivity contribution >= 4 is 40.4 Å². The van der Waals surface area contributed by atoms with Crippen molar-refractivity contribution in [2.75, 3.05) is 19.7 Å². The lowest BCUT2D eigenvalue weighted by atomic mass is 9.92. The SMILES string of the molecule is CC.CCN(C/C(=C(/SO)c1ccc(Cl)cc1)C(C)(C)N)C(=O)C(COCc1ccc(F)cc1)NC(=O)C(C)(N)CC. The van der Waals surface area contributed by atoms with Crippen molar-refractivity contribution in [3.63, 3.8) is 0 Å². The van der Waals surface area contributed by atoms with Crippen molar-refractivity contribution in [2.45, 2.75) is 78.6 Å². The zero-order valence-corrected chi connectivity index (χ0v) is 27.2. The van der Waals surface area contributed by atoms with Gasteiger partial charge in [0.05, 0.1) is 18.8 Å². The number of hydrogen-bond donors (Lipinski definition) is 4. The average Bonchev–Trinajstić information content (AvgIpc) is 2.96. The second-order valence-corrected chi connectivity index (χ2v) is 11.4. The molecule has 0 fully saturated rings. The number of rotatable bonds is 14. The van der Waals surface area contributed by atoms with Gasteiger partial charge < -0.3 is 31.0 Å². The molecule has 8 nitrogen and oxygen atoms in total. The predicted octanol–water partition coefficient (Wildman–Crippen LogP) is 5.84. The third-order valence-electron chi connectivity index (χ3n) is 6.62. The number of benzene rings is 2. The van der Waals surface area contributed by atoms with Crippen LogP contribution in [0.4, 0.5) is 4.39 Å². The van der Waals surface area contributed by atoms with Gasteiger partial charge in [0.1, 0.15) is 11.9 Å². The third kappa shape index (κ3) is 11.3. The summed E-state index contributed by atoms with van der Waals surface area (Å²) in [6.07, 6.45) is 0.361. The maximum absolute atomic E-state index is 13.9. The van der Waals surface area contributed by atoms with Gasteiger partial charge in [0.25, 0.3) is 0 Å². The highest BCUT2D eigenvalue weighted by atomic mass is 35.5. The van der Waals surface area contributed by atoms with E-state index in [9.17, 15) is 18.5 Å². The lowest BCUT2D eigenvalue weighted by molar-refractivity contribution is -0.139. The molecule has 2 rings (SSSR count). The monoisotopic (exact) mass is 624 g/mol. The van der Waals surface area contributed by atoms with Crippen molar-refractivity contribution in [3.8, 4) is 0 Å². The molecule has 0 aromatic heterocycles. The van der Waals surface area contributed by atoms with Crippen LogP contribution in [-0.2, 0) is 20.9 Å². The molecule has 2 amide bonds. The number of halogens is 2. The fourth-order valence-electron chi connectivity index (χ4n) is 3.74. The minimum atomic E-state index is -1.19. The molecule has 2 aromatic carbocycles. The molecule has 0 aliphatic rings. The second-order valence-electron chi connectivity index (χ2n) is 10.4. The van der Waals surface area contributed by atoms with E-state index in [-0.39, 0.29) is 25.6 Å². The molecular formula is C31H46ClFN4O4S. The van der Waals surface area contributed by atoms with E-state index in [0.717, 1.165) is 0 Å². The van der Waals surface area contributed by atoms with Gasteiger partial charge in [-0.2, -0.15) is 0 Å². The second kappa shape index (κ2) is 17.6. The minimum Gasteiger partial charge on any atom is -0.374 e. The van der Waals surface area contributed by atoms with Gasteiger partial charge in [-0.05, 0) is 75.1 Å². The number of carbonyl (C=O) groups excluding carboxylic acids is 2. The fourth-order valence-corrected chi connectivity index (χ4v) is 4.55. The first-order chi connectivity index (χ1) is 19.7. The maximum atomic E-state index is 13.9. The largest absolute Gasteiger partial charge is 0.374 e. The molecule has 6 N–H and O–H groups in total. The highest BCUT2D eigenvalue weighted by Gasteiger charge is 2.34. The van der Waals surface area contributed by atoms with Crippen LogP contribution in [0.3, 0.4) is 0 Å². The van der Waals surface area contributed by atoms with E-state index in [0.29, 0.717) is 51.6 Å². The molecule has 42 heavy (non-hydrogen) atoms. The summed E-state index contributed by atoms with van der Waals surface area (Å²) in [5.41, 5.74) is 12.6. The molecule has 0 saturated heterocycles. The summed E-state index contributed by atoms with van der Waals surface area (Å²) in [7, 11) is 0. The zero-order valence-electron chi connectivity index (χ0n) is 25.7. The van der Waals surface area contributed by atoms with Crippen LogP contribution < -0.4 is 16.8 Å². The summed E-state index contributed by atoms with van der Waals surface area (Å²) in [4.78, 5) is 28.9. The Morgan fingerprint density at radius 2 is 1.64 bits per heavy atom. The van der Waals surface area contributed by atoms with Crippen LogP contribution in [0.5, 0.6) is 0 Å². The lowest BCUT2D eigenvalue weighted by Gasteiger charge is -2.34. The summed E-state index contributed by atoms with van der Waals surface area (Å²) >= 11 is 6.60. The molecule has 2 aromatic rings. The van der Waals surface area contributed by atoms with Gasteiger partial charge in [-0.25, -0.2) is 4.39 Å². The predicted molar refractivity (Wildman–Crippen MR) is 171 cm³/mol. The standard InChI is InChI=1S/C29H40ClFN4O4S.C2H6/c1-6-29(5,33)27(37)34-24(18-39-17-19-8-14-22(31)15-9-19)26(36)35(7-2)16-23(28(3,4)32)25(40-38)20-10-12-21(30)13-11-20;1-2/h8-15,24,38H,6-7,16-18,32-33H2,1-5H3,(H,34,37);1-2H3/b25-23-;. The van der Waals surface area contributed by atoms with Crippen molar-refractivity contribution in [1.29, 1.82) is 0 Å². The number of hydrogen-bond acceptors (Lipinski definition) is 7. The Morgan fingerprint density at radius 1 is 1.07 bits per heavy atom. The number of ether oxygens (including phenoxy) is 1. The van der Waals surface area contributed by atoms with Gasteiger partial charge >= 0.3 is 0 Å². The molecular weight excluding hydrogens is 579 g/mol. The van der Waals surface area contributed by atoms with E-state index in [1.54, 1.807) is 69.0 Å². The van der Waals surface area contributed by atoms with Crippen molar-refractivity contribution in [3.05, 3.63) is 76.1 Å². The van der Waals surface area contributed by atoms with Crippen LogP contribution in [0.2, 0.25) is 5.02 Å². The Morgan fingerprint density at radius 3 is 2.12 bits per heavy atom. The van der Waals surface area contributed by atoms with Gasteiger partial charge in [-0.1, -0.05) is 56.6 Å². The van der Waals surface area contributed by atoms with Crippen molar-refractivity contribution < 1.29 is 23.3 Å². The number of carbonyl (C=O) groups is 2. The molecule has 0 heterocycles. The quantitative estimate of drug-likeness (QED) is 0.194. The Bertz CT molecular complexity index is 1170. The topological polar surface area (TPSA) is 131 Å². The Kier molecular flexibility index (Phi) is 15.7. The highest BCUT2D eigenvalue weighted by molar-refractivity contribution is 8.03. The lowest BCUT2D eigenvalue weighted by Crippen LogP contribution is -2.59. The number of nitrogens with zero attached hydrogens (tertiary/aromatic N) is 1. The number of amides is 2. The van der Waals surface area contributed by atoms with E-state index < -0.39 is 28.9 Å². The fraction of sp³-hybridized carbons (Fsp3) is 0.484. The molecule has 234 valence electrons. The first-order valence-electron chi connectivity index (χ1n) is 14.0. The molecule has 0 bridgehead atoms. The Balaban J connectivity index is 0.00000431. The van der Waals surface area contributed by atoms with E-state index in [1.807, 2.05) is 20.8 Å². The summed E-state index contributed by atoms with van der Waals surface area (Å²) in [6.45, 7) is 13.1. The van der Waals surface area contributed by atoms with Gasteiger partial charge in [0.15, 0.2) is 0 Å². The average molecular weight is 625 g/mol. The van der Waals surface area contributed by atoms with Crippen molar-refractivity contribution in [1.82, 2.24) is 10.2 Å². The zero-order chi connectivity index (χ0) is 32.1. The smallest absolute Gasteiger partial charge is 0.247 e. The van der Waals surface area contributed by atoms with Crippen LogP contribution in [0.15, 0.2) is 54.1 Å². The van der Waals surface area contributed by atoms with Gasteiger partial charge in [0.2, 0.25) is 11.8 Å². The maximum Gasteiger partial charge on any atom is 0.247 e. The van der Waals surface area contributed by atoms with Crippen LogP contribution >= 0.6 is 23.6 Å². The van der Waals surface area contributed by atoms with Crippen LogP contribution in [0.1, 0.15) is 66.0 Å². The number of nitrogens with one attached hydrogen (secondary N) is 1. The van der Waals surface area contributed by atoms with Crippen LogP contribution in [0.25, 0.3) is 4.91 Å². The summed E-state index contributed by atoms with van der Waals surface area (Å²) in [6, 6.07) is 11.7.